The van der Waals surface area contributed by atoms with Crippen LogP contribution < -0.4 is 5.32 Å². The van der Waals surface area contributed by atoms with E-state index in [1.165, 1.54) is 18.2 Å². The summed E-state index contributed by atoms with van der Waals surface area (Å²) in [5.74, 6) is -0.288. The Kier molecular flexibility index (Phi) is 3.83. The Hall–Kier alpha value is -1.91. The van der Waals surface area contributed by atoms with Crippen LogP contribution in [0.1, 0.15) is 31.1 Å². The number of nitro benzene ring substituents is 1. The third-order valence-electron chi connectivity index (χ3n) is 2.10. The number of carbonyl (C=O) groups is 1. The quantitative estimate of drug-likeness (QED) is 0.646. The highest BCUT2D eigenvalue weighted by Crippen LogP contribution is 2.14. The van der Waals surface area contributed by atoms with Gasteiger partial charge in [0.1, 0.15) is 0 Å². The van der Waals surface area contributed by atoms with Crippen LogP contribution in [0, 0.1) is 15.5 Å². The number of amides is 1. The average Bonchev–Trinajstić information content (AvgIpc) is 2.25. The molecular formula is C12H16N2O3. The van der Waals surface area contributed by atoms with Gasteiger partial charge in [-0.1, -0.05) is 26.8 Å². The summed E-state index contributed by atoms with van der Waals surface area (Å²) in [6.45, 7) is 6.52. The minimum Gasteiger partial charge on any atom is -0.352 e. The Balaban J connectivity index is 2.76. The molecule has 0 fully saturated rings. The number of benzene rings is 1. The molecule has 0 aliphatic carbocycles. The average molecular weight is 236 g/mol. The van der Waals surface area contributed by atoms with Crippen molar-refractivity contribution >= 4 is 11.6 Å². The summed E-state index contributed by atoms with van der Waals surface area (Å²) < 4.78 is 0. The smallest absolute Gasteiger partial charge is 0.270 e. The van der Waals surface area contributed by atoms with Gasteiger partial charge in [-0.15, -0.1) is 0 Å². The van der Waals surface area contributed by atoms with Gasteiger partial charge in [0.2, 0.25) is 0 Å². The van der Waals surface area contributed by atoms with Crippen LogP contribution in [0.5, 0.6) is 0 Å². The van der Waals surface area contributed by atoms with Crippen molar-refractivity contribution < 1.29 is 9.72 Å². The maximum Gasteiger partial charge on any atom is 0.270 e. The molecule has 0 aromatic heterocycles. The summed E-state index contributed by atoms with van der Waals surface area (Å²) in [5.41, 5.74) is 0.216. The fourth-order valence-electron chi connectivity index (χ4n) is 1.21. The molecule has 0 atom stereocenters. The topological polar surface area (TPSA) is 72.2 Å². The molecule has 5 nitrogen and oxygen atoms in total. The molecular weight excluding hydrogens is 220 g/mol. The van der Waals surface area contributed by atoms with E-state index in [0.717, 1.165) is 0 Å². The Morgan fingerprint density at radius 1 is 1.41 bits per heavy atom. The van der Waals surface area contributed by atoms with Crippen LogP contribution >= 0.6 is 0 Å². The van der Waals surface area contributed by atoms with E-state index in [2.05, 4.69) is 5.32 Å². The molecule has 1 N–H and O–H groups in total. The van der Waals surface area contributed by atoms with Crippen LogP contribution in [0.2, 0.25) is 0 Å². The minimum atomic E-state index is -0.513. The molecule has 0 aliphatic heterocycles. The summed E-state index contributed by atoms with van der Waals surface area (Å²) in [6, 6.07) is 5.70. The van der Waals surface area contributed by atoms with Gasteiger partial charge in [0, 0.05) is 24.2 Å². The lowest BCUT2D eigenvalue weighted by atomic mass is 9.97. The summed E-state index contributed by atoms with van der Waals surface area (Å²) in [5, 5.41) is 13.3. The zero-order valence-corrected chi connectivity index (χ0v) is 10.2. The van der Waals surface area contributed by atoms with Crippen molar-refractivity contribution in [3.63, 3.8) is 0 Å². The normalized spacial score (nSPS) is 11.0. The van der Waals surface area contributed by atoms with Crippen LogP contribution in [0.25, 0.3) is 0 Å². The van der Waals surface area contributed by atoms with Crippen molar-refractivity contribution in [2.75, 3.05) is 6.54 Å². The Labute approximate surface area is 100.0 Å². The molecule has 0 aliphatic rings. The van der Waals surface area contributed by atoms with Gasteiger partial charge in [0.05, 0.1) is 4.92 Å². The predicted octanol–water partition coefficient (Wildman–Crippen LogP) is 2.37. The summed E-state index contributed by atoms with van der Waals surface area (Å²) in [4.78, 5) is 21.8. The van der Waals surface area contributed by atoms with Crippen LogP contribution in [0.3, 0.4) is 0 Å². The summed E-state index contributed by atoms with van der Waals surface area (Å²) >= 11 is 0. The predicted molar refractivity (Wildman–Crippen MR) is 64.9 cm³/mol. The van der Waals surface area contributed by atoms with E-state index in [1.807, 2.05) is 20.8 Å². The van der Waals surface area contributed by atoms with Crippen molar-refractivity contribution in [3.8, 4) is 0 Å². The lowest BCUT2D eigenvalue weighted by Gasteiger charge is -2.18. The Bertz CT molecular complexity index is 436. The first-order valence-electron chi connectivity index (χ1n) is 5.32. The largest absolute Gasteiger partial charge is 0.352 e. The standard InChI is InChI=1S/C12H16N2O3/c1-12(2,3)8-13-11(15)9-5-4-6-10(7-9)14(16)17/h4-7H,8H2,1-3H3,(H,13,15). The van der Waals surface area contributed by atoms with E-state index < -0.39 is 4.92 Å². The molecule has 1 aromatic rings. The van der Waals surface area contributed by atoms with Crippen molar-refractivity contribution in [3.05, 3.63) is 39.9 Å². The first kappa shape index (κ1) is 13.2. The molecule has 0 spiro atoms. The van der Waals surface area contributed by atoms with Gasteiger partial charge in [0.25, 0.3) is 11.6 Å². The molecule has 0 bridgehead atoms. The van der Waals surface area contributed by atoms with E-state index in [9.17, 15) is 14.9 Å². The summed E-state index contributed by atoms with van der Waals surface area (Å²) in [6.07, 6.45) is 0. The van der Waals surface area contributed by atoms with Crippen LogP contribution in [-0.4, -0.2) is 17.4 Å². The molecule has 17 heavy (non-hydrogen) atoms. The Morgan fingerprint density at radius 3 is 2.59 bits per heavy atom. The van der Waals surface area contributed by atoms with E-state index >= 15 is 0 Å². The lowest BCUT2D eigenvalue weighted by Crippen LogP contribution is -2.32. The van der Waals surface area contributed by atoms with Crippen molar-refractivity contribution in [2.45, 2.75) is 20.8 Å². The number of hydrogen-bond donors (Lipinski definition) is 1. The molecule has 0 unspecified atom stereocenters. The zero-order valence-electron chi connectivity index (χ0n) is 10.2. The molecule has 0 saturated carbocycles. The van der Waals surface area contributed by atoms with Crippen LogP contribution in [0.15, 0.2) is 24.3 Å². The van der Waals surface area contributed by atoms with E-state index in [0.29, 0.717) is 12.1 Å². The van der Waals surface area contributed by atoms with Gasteiger partial charge >= 0.3 is 0 Å². The first-order valence-corrected chi connectivity index (χ1v) is 5.32. The molecule has 0 heterocycles. The zero-order chi connectivity index (χ0) is 13.1. The second kappa shape index (κ2) is 4.95. The third kappa shape index (κ3) is 4.22. The fraction of sp³-hybridized carbons (Fsp3) is 0.417. The third-order valence-corrected chi connectivity index (χ3v) is 2.10. The van der Waals surface area contributed by atoms with Crippen molar-refractivity contribution in [1.29, 1.82) is 0 Å². The highest BCUT2D eigenvalue weighted by atomic mass is 16.6. The van der Waals surface area contributed by atoms with Crippen molar-refractivity contribution in [1.82, 2.24) is 5.32 Å². The van der Waals surface area contributed by atoms with Gasteiger partial charge in [-0.25, -0.2) is 0 Å². The van der Waals surface area contributed by atoms with Gasteiger partial charge in [-0.2, -0.15) is 0 Å². The van der Waals surface area contributed by atoms with Crippen LogP contribution in [-0.2, 0) is 0 Å². The van der Waals surface area contributed by atoms with Gasteiger partial charge < -0.3 is 5.32 Å². The highest BCUT2D eigenvalue weighted by Gasteiger charge is 2.14. The number of non-ortho nitro benzene ring substituents is 1. The molecule has 92 valence electrons. The maximum absolute atomic E-state index is 11.7. The van der Waals surface area contributed by atoms with Crippen LogP contribution in [0.4, 0.5) is 5.69 Å². The van der Waals surface area contributed by atoms with Gasteiger partial charge in [0.15, 0.2) is 0 Å². The van der Waals surface area contributed by atoms with Gasteiger partial charge in [-0.3, -0.25) is 14.9 Å². The molecule has 0 radical (unpaired) electrons. The molecule has 1 rings (SSSR count). The second-order valence-electron chi connectivity index (χ2n) is 5.05. The number of nitrogens with one attached hydrogen (secondary N) is 1. The number of rotatable bonds is 3. The number of hydrogen-bond acceptors (Lipinski definition) is 3. The molecule has 1 aromatic carbocycles. The minimum absolute atomic E-state index is 0.0175. The maximum atomic E-state index is 11.7. The first-order chi connectivity index (χ1) is 7.79. The fourth-order valence-corrected chi connectivity index (χ4v) is 1.21. The summed E-state index contributed by atoms with van der Waals surface area (Å²) in [7, 11) is 0. The second-order valence-corrected chi connectivity index (χ2v) is 5.05. The molecule has 1 amide bonds. The number of nitrogens with zero attached hydrogens (tertiary/aromatic N) is 1. The highest BCUT2D eigenvalue weighted by molar-refractivity contribution is 5.94. The van der Waals surface area contributed by atoms with E-state index in [-0.39, 0.29) is 17.0 Å². The number of carbonyl (C=O) groups excluding carboxylic acids is 1. The van der Waals surface area contributed by atoms with Gasteiger partial charge in [-0.05, 0) is 11.5 Å². The van der Waals surface area contributed by atoms with Crippen molar-refractivity contribution in [2.24, 2.45) is 5.41 Å². The molecule has 0 saturated heterocycles. The lowest BCUT2D eigenvalue weighted by molar-refractivity contribution is -0.384. The Morgan fingerprint density at radius 2 is 2.06 bits per heavy atom. The molecule has 5 heteroatoms. The van der Waals surface area contributed by atoms with E-state index in [4.69, 9.17) is 0 Å². The SMILES string of the molecule is CC(C)(C)CNC(=O)c1cccc([N+](=O)[O-])c1. The van der Waals surface area contributed by atoms with E-state index in [1.54, 1.807) is 6.07 Å². The number of nitro groups is 1. The monoisotopic (exact) mass is 236 g/mol.